The lowest BCUT2D eigenvalue weighted by molar-refractivity contribution is 0.237. The molecule has 2 aliphatic heterocycles. The van der Waals surface area contributed by atoms with Gasteiger partial charge < -0.3 is 14.2 Å². The zero-order chi connectivity index (χ0) is 22.6. The molecule has 2 heterocycles. The Morgan fingerprint density at radius 1 is 0.909 bits per heavy atom. The van der Waals surface area contributed by atoms with E-state index in [-0.39, 0.29) is 17.7 Å². The van der Waals surface area contributed by atoms with E-state index in [1.807, 2.05) is 24.3 Å². The molecule has 2 atom stereocenters. The number of fused-ring (bicyclic) bond motifs is 1. The molecule has 0 spiro atoms. The van der Waals surface area contributed by atoms with Gasteiger partial charge in [-0.1, -0.05) is 30.3 Å². The van der Waals surface area contributed by atoms with Crippen molar-refractivity contribution in [1.29, 1.82) is 0 Å². The van der Waals surface area contributed by atoms with Crippen molar-refractivity contribution in [3.8, 4) is 17.2 Å². The number of ether oxygens (including phenoxy) is 3. The molecule has 3 aromatic rings. The van der Waals surface area contributed by atoms with E-state index in [0.717, 1.165) is 34.9 Å². The molecule has 1 fully saturated rings. The molecule has 0 unspecified atom stereocenters. The molecule has 5 rings (SSSR count). The van der Waals surface area contributed by atoms with Gasteiger partial charge in [0.25, 0.3) is 0 Å². The van der Waals surface area contributed by atoms with Crippen molar-refractivity contribution >= 4 is 0 Å². The summed E-state index contributed by atoms with van der Waals surface area (Å²) in [6, 6.07) is 21.2. The third kappa shape index (κ3) is 4.83. The Balaban J connectivity index is 1.40. The second-order valence-electron chi connectivity index (χ2n) is 8.82. The molecule has 0 aliphatic carbocycles. The highest BCUT2D eigenvalue weighted by atomic mass is 19.1. The Hall–Kier alpha value is -3.05. The number of hydrogen-bond donors (Lipinski definition) is 0. The van der Waals surface area contributed by atoms with Gasteiger partial charge in [0.2, 0.25) is 0 Å². The minimum absolute atomic E-state index is 0.0772. The normalized spacial score (nSPS) is 20.2. The number of likely N-dealkylation sites (tertiary alicyclic amines) is 1. The van der Waals surface area contributed by atoms with Crippen LogP contribution in [0.3, 0.4) is 0 Å². The van der Waals surface area contributed by atoms with E-state index in [1.54, 1.807) is 7.11 Å². The van der Waals surface area contributed by atoms with Gasteiger partial charge in [-0.2, -0.15) is 0 Å². The Morgan fingerprint density at radius 2 is 1.61 bits per heavy atom. The van der Waals surface area contributed by atoms with Gasteiger partial charge in [-0.05, 0) is 67.4 Å². The molecule has 0 bridgehead atoms. The lowest BCUT2D eigenvalue weighted by Gasteiger charge is -2.34. The lowest BCUT2D eigenvalue weighted by Crippen LogP contribution is -2.25. The third-order valence-corrected chi connectivity index (χ3v) is 6.79. The standard InChI is InChI=1S/C28H30FNO3/c1-31-24-12-13-25-27(18-24)33-19-26(20-4-8-22(29)9-5-20)28(25)21-6-10-23(11-7-21)32-17-16-30-14-2-3-15-30/h4-13,18,26,28H,2-3,14-17,19H2,1H3/t26-,28-/m0/s1. The third-order valence-electron chi connectivity index (χ3n) is 6.79. The maximum Gasteiger partial charge on any atom is 0.126 e. The Kier molecular flexibility index (Phi) is 6.49. The van der Waals surface area contributed by atoms with Gasteiger partial charge >= 0.3 is 0 Å². The smallest absolute Gasteiger partial charge is 0.126 e. The predicted octanol–water partition coefficient (Wildman–Crippen LogP) is 5.62. The van der Waals surface area contributed by atoms with Crippen LogP contribution < -0.4 is 14.2 Å². The topological polar surface area (TPSA) is 30.9 Å². The van der Waals surface area contributed by atoms with Gasteiger partial charge in [-0.3, -0.25) is 4.90 Å². The van der Waals surface area contributed by atoms with Gasteiger partial charge in [0.05, 0.1) is 13.7 Å². The zero-order valence-electron chi connectivity index (χ0n) is 19.0. The summed E-state index contributed by atoms with van der Waals surface area (Å²) in [5.74, 6) is 2.43. The quantitative estimate of drug-likeness (QED) is 0.471. The van der Waals surface area contributed by atoms with E-state index in [2.05, 4.69) is 35.2 Å². The van der Waals surface area contributed by atoms with Gasteiger partial charge in [0, 0.05) is 30.0 Å². The summed E-state index contributed by atoms with van der Waals surface area (Å²) in [5, 5.41) is 0. The number of benzene rings is 3. The van der Waals surface area contributed by atoms with Crippen LogP contribution in [-0.2, 0) is 0 Å². The molecule has 0 N–H and O–H groups in total. The fraction of sp³-hybridized carbons (Fsp3) is 0.357. The van der Waals surface area contributed by atoms with E-state index < -0.39 is 0 Å². The van der Waals surface area contributed by atoms with Gasteiger partial charge in [0.1, 0.15) is 29.7 Å². The highest BCUT2D eigenvalue weighted by Crippen LogP contribution is 2.47. The average Bonchev–Trinajstić information content (AvgIpc) is 3.38. The van der Waals surface area contributed by atoms with E-state index in [1.165, 1.54) is 43.6 Å². The van der Waals surface area contributed by atoms with Crippen molar-refractivity contribution in [2.75, 3.05) is 40.0 Å². The predicted molar refractivity (Wildman–Crippen MR) is 127 cm³/mol. The van der Waals surface area contributed by atoms with E-state index in [9.17, 15) is 4.39 Å². The van der Waals surface area contributed by atoms with Crippen LogP contribution in [0.15, 0.2) is 66.7 Å². The van der Waals surface area contributed by atoms with Crippen LogP contribution in [0.4, 0.5) is 4.39 Å². The SMILES string of the molecule is COc1ccc2c(c1)OC[C@@H](c1ccc(F)cc1)[C@H]2c1ccc(OCCN2CCCC2)cc1. The number of halogens is 1. The summed E-state index contributed by atoms with van der Waals surface area (Å²) in [4.78, 5) is 2.45. The highest BCUT2D eigenvalue weighted by molar-refractivity contribution is 5.51. The average molecular weight is 448 g/mol. The molecule has 33 heavy (non-hydrogen) atoms. The van der Waals surface area contributed by atoms with Crippen LogP contribution in [0.1, 0.15) is 41.4 Å². The van der Waals surface area contributed by atoms with Crippen LogP contribution in [-0.4, -0.2) is 44.9 Å². The van der Waals surface area contributed by atoms with Gasteiger partial charge in [-0.15, -0.1) is 0 Å². The summed E-state index contributed by atoms with van der Waals surface area (Å²) >= 11 is 0. The number of methoxy groups -OCH3 is 1. The molecule has 2 aliphatic rings. The molecule has 5 heteroatoms. The van der Waals surface area contributed by atoms with Crippen LogP contribution in [0, 0.1) is 5.82 Å². The Labute approximate surface area is 194 Å². The first-order valence-corrected chi connectivity index (χ1v) is 11.7. The van der Waals surface area contributed by atoms with Crippen molar-refractivity contribution in [2.24, 2.45) is 0 Å². The van der Waals surface area contributed by atoms with Crippen molar-refractivity contribution < 1.29 is 18.6 Å². The molecule has 1 saturated heterocycles. The first-order valence-electron chi connectivity index (χ1n) is 11.7. The summed E-state index contributed by atoms with van der Waals surface area (Å²) in [6.07, 6.45) is 2.59. The van der Waals surface area contributed by atoms with Crippen molar-refractivity contribution in [2.45, 2.75) is 24.7 Å². The number of rotatable bonds is 7. The van der Waals surface area contributed by atoms with E-state index in [4.69, 9.17) is 14.2 Å². The molecular weight excluding hydrogens is 417 g/mol. The van der Waals surface area contributed by atoms with Gasteiger partial charge in [-0.25, -0.2) is 4.39 Å². The van der Waals surface area contributed by atoms with Crippen molar-refractivity contribution in [3.63, 3.8) is 0 Å². The van der Waals surface area contributed by atoms with Gasteiger partial charge in [0.15, 0.2) is 0 Å². The van der Waals surface area contributed by atoms with E-state index in [0.29, 0.717) is 13.2 Å². The first-order chi connectivity index (χ1) is 16.2. The summed E-state index contributed by atoms with van der Waals surface area (Å²) in [5.41, 5.74) is 3.36. The molecule has 0 saturated carbocycles. The maximum absolute atomic E-state index is 13.6. The second-order valence-corrected chi connectivity index (χ2v) is 8.82. The first kappa shape index (κ1) is 21.8. The number of nitrogens with zero attached hydrogens (tertiary/aromatic N) is 1. The van der Waals surface area contributed by atoms with Crippen LogP contribution in [0.25, 0.3) is 0 Å². The lowest BCUT2D eigenvalue weighted by atomic mass is 9.76. The monoisotopic (exact) mass is 447 g/mol. The minimum Gasteiger partial charge on any atom is -0.497 e. The zero-order valence-corrected chi connectivity index (χ0v) is 19.0. The molecule has 3 aromatic carbocycles. The fourth-order valence-corrected chi connectivity index (χ4v) is 5.00. The van der Waals surface area contributed by atoms with Crippen molar-refractivity contribution in [1.82, 2.24) is 4.90 Å². The fourth-order valence-electron chi connectivity index (χ4n) is 5.00. The van der Waals surface area contributed by atoms with Crippen LogP contribution in [0.2, 0.25) is 0 Å². The molecular formula is C28H30FNO3. The molecule has 0 amide bonds. The summed E-state index contributed by atoms with van der Waals surface area (Å²) < 4.78 is 31.1. The number of hydrogen-bond acceptors (Lipinski definition) is 4. The molecule has 172 valence electrons. The summed E-state index contributed by atoms with van der Waals surface area (Å²) in [6.45, 7) is 4.56. The van der Waals surface area contributed by atoms with Crippen LogP contribution >= 0.6 is 0 Å². The van der Waals surface area contributed by atoms with Crippen LogP contribution in [0.5, 0.6) is 17.2 Å². The highest BCUT2D eigenvalue weighted by Gasteiger charge is 2.33. The molecule has 0 radical (unpaired) electrons. The minimum atomic E-state index is -0.229. The van der Waals surface area contributed by atoms with Crippen molar-refractivity contribution in [3.05, 3.63) is 89.2 Å². The Morgan fingerprint density at radius 3 is 2.33 bits per heavy atom. The van der Waals surface area contributed by atoms with E-state index >= 15 is 0 Å². The Bertz CT molecular complexity index is 1060. The molecule has 0 aromatic heterocycles. The largest absolute Gasteiger partial charge is 0.497 e. The maximum atomic E-state index is 13.6. The second kappa shape index (κ2) is 9.84. The summed E-state index contributed by atoms with van der Waals surface area (Å²) in [7, 11) is 1.66. The molecule has 4 nitrogen and oxygen atoms in total.